The number of allylic oxidation sites excluding steroid dienone is 4. The minimum absolute atomic E-state index is 0.840. The van der Waals surface area contributed by atoms with Gasteiger partial charge in [0.2, 0.25) is 0 Å². The molecule has 0 saturated heterocycles. The maximum absolute atomic E-state index is 2.44. The summed E-state index contributed by atoms with van der Waals surface area (Å²) in [6.45, 7) is 4.53. The van der Waals surface area contributed by atoms with Gasteiger partial charge in [-0.05, 0) is 37.6 Å². The highest BCUT2D eigenvalue weighted by molar-refractivity contribution is 6.12. The van der Waals surface area contributed by atoms with Crippen LogP contribution in [-0.2, 0) is 0 Å². The van der Waals surface area contributed by atoms with Gasteiger partial charge < -0.3 is 0 Å². The van der Waals surface area contributed by atoms with Gasteiger partial charge in [-0.25, -0.2) is 0 Å². The van der Waals surface area contributed by atoms with Crippen LogP contribution in [0.15, 0.2) is 23.3 Å². The summed E-state index contributed by atoms with van der Waals surface area (Å²) in [5, 5.41) is 0. The van der Waals surface area contributed by atoms with Crippen molar-refractivity contribution in [3.63, 3.8) is 0 Å². The fourth-order valence-electron chi connectivity index (χ4n) is 2.66. The van der Waals surface area contributed by atoms with Crippen molar-refractivity contribution in [3.05, 3.63) is 23.3 Å². The van der Waals surface area contributed by atoms with Crippen molar-refractivity contribution in [2.75, 3.05) is 0 Å². The van der Waals surface area contributed by atoms with Gasteiger partial charge in [0.25, 0.3) is 0 Å². The first kappa shape index (κ1) is 7.35. The molecule has 0 aliphatic heterocycles. The number of hydrogen-bond acceptors (Lipinski definition) is 0. The standard InChI is InChI=1S/C10H16Si/c1-6(2)10-7-3-4-8(10)9(11)5-7/h3-4,7-9H,5H2,1-2,11H3. The van der Waals surface area contributed by atoms with Crippen LogP contribution < -0.4 is 0 Å². The van der Waals surface area contributed by atoms with E-state index in [1.54, 1.807) is 11.1 Å². The van der Waals surface area contributed by atoms with Gasteiger partial charge >= 0.3 is 0 Å². The summed E-state index contributed by atoms with van der Waals surface area (Å²) in [5.41, 5.74) is 4.36. The van der Waals surface area contributed by atoms with Gasteiger partial charge in [-0.3, -0.25) is 0 Å². The Kier molecular flexibility index (Phi) is 1.57. The summed E-state index contributed by atoms with van der Waals surface area (Å²) in [5.74, 6) is 1.70. The van der Waals surface area contributed by atoms with Crippen LogP contribution in [0.5, 0.6) is 0 Å². The molecule has 2 rings (SSSR count). The van der Waals surface area contributed by atoms with E-state index in [0.717, 1.165) is 17.4 Å². The maximum atomic E-state index is 2.44. The van der Waals surface area contributed by atoms with E-state index in [1.807, 2.05) is 0 Å². The Labute approximate surface area is 71.8 Å². The van der Waals surface area contributed by atoms with E-state index in [2.05, 4.69) is 26.0 Å². The van der Waals surface area contributed by atoms with Gasteiger partial charge in [0.05, 0.1) is 0 Å². The van der Waals surface area contributed by atoms with E-state index >= 15 is 0 Å². The van der Waals surface area contributed by atoms with Crippen molar-refractivity contribution in [3.8, 4) is 0 Å². The van der Waals surface area contributed by atoms with Crippen molar-refractivity contribution >= 4 is 10.2 Å². The normalized spacial score (nSPS) is 40.5. The fraction of sp³-hybridized carbons (Fsp3) is 0.600. The molecule has 1 heteroatoms. The molecule has 0 aromatic carbocycles. The molecule has 0 heterocycles. The fourth-order valence-corrected chi connectivity index (χ4v) is 3.75. The Hall–Kier alpha value is -0.303. The smallest absolute Gasteiger partial charge is 0.00793 e. The quantitative estimate of drug-likeness (QED) is 0.377. The molecule has 0 radical (unpaired) electrons. The zero-order chi connectivity index (χ0) is 8.01. The molecule has 0 N–H and O–H groups in total. The number of fused-ring (bicyclic) bond motifs is 2. The molecule has 2 bridgehead atoms. The Balaban J connectivity index is 2.39. The zero-order valence-electron chi connectivity index (χ0n) is 7.59. The lowest BCUT2D eigenvalue weighted by Crippen LogP contribution is -1.99. The van der Waals surface area contributed by atoms with Crippen molar-refractivity contribution in [1.29, 1.82) is 0 Å². The van der Waals surface area contributed by atoms with Crippen molar-refractivity contribution in [1.82, 2.24) is 0 Å². The van der Waals surface area contributed by atoms with Crippen molar-refractivity contribution in [2.45, 2.75) is 25.8 Å². The zero-order valence-corrected chi connectivity index (χ0v) is 9.59. The number of hydrogen-bond donors (Lipinski definition) is 0. The predicted octanol–water partition coefficient (Wildman–Crippen LogP) is 1.68. The molecule has 2 aliphatic rings. The first-order valence-corrected chi connectivity index (χ1v) is 5.71. The van der Waals surface area contributed by atoms with E-state index in [0.29, 0.717) is 0 Å². The second-order valence-corrected chi connectivity index (χ2v) is 5.67. The van der Waals surface area contributed by atoms with Gasteiger partial charge in [-0.15, -0.1) is 0 Å². The Morgan fingerprint density at radius 2 is 2.18 bits per heavy atom. The van der Waals surface area contributed by atoms with Gasteiger partial charge in [-0.1, -0.05) is 23.3 Å². The van der Waals surface area contributed by atoms with Gasteiger partial charge in [0.1, 0.15) is 0 Å². The highest BCUT2D eigenvalue weighted by Crippen LogP contribution is 2.50. The van der Waals surface area contributed by atoms with Crippen LogP contribution in [0.2, 0.25) is 5.54 Å². The Morgan fingerprint density at radius 3 is 2.45 bits per heavy atom. The van der Waals surface area contributed by atoms with Crippen LogP contribution in [0.1, 0.15) is 20.3 Å². The SMILES string of the molecule is CC(C)=C1C2C=CC1C([SiH3])C2. The molecule has 0 aromatic rings. The molecule has 3 unspecified atom stereocenters. The van der Waals surface area contributed by atoms with E-state index in [4.69, 9.17) is 0 Å². The second-order valence-electron chi connectivity index (χ2n) is 4.19. The monoisotopic (exact) mass is 164 g/mol. The number of rotatable bonds is 0. The second kappa shape index (κ2) is 2.34. The van der Waals surface area contributed by atoms with E-state index < -0.39 is 0 Å². The average molecular weight is 164 g/mol. The molecule has 0 amide bonds. The summed E-state index contributed by atoms with van der Waals surface area (Å²) < 4.78 is 0. The summed E-state index contributed by atoms with van der Waals surface area (Å²) in [7, 11) is 1.37. The van der Waals surface area contributed by atoms with Crippen LogP contribution in [-0.4, -0.2) is 10.2 Å². The first-order chi connectivity index (χ1) is 5.20. The van der Waals surface area contributed by atoms with Gasteiger partial charge in [0, 0.05) is 10.2 Å². The molecular formula is C10H16Si. The van der Waals surface area contributed by atoms with Crippen LogP contribution in [0, 0.1) is 11.8 Å². The lowest BCUT2D eigenvalue weighted by atomic mass is 10.00. The van der Waals surface area contributed by atoms with Crippen molar-refractivity contribution in [2.24, 2.45) is 11.8 Å². The molecule has 0 spiro atoms. The molecule has 1 fully saturated rings. The molecule has 2 aliphatic carbocycles. The maximum Gasteiger partial charge on any atom is 0.00793 e. The van der Waals surface area contributed by atoms with Crippen LogP contribution in [0.4, 0.5) is 0 Å². The summed E-state index contributed by atoms with van der Waals surface area (Å²) in [4.78, 5) is 0. The molecule has 1 saturated carbocycles. The average Bonchev–Trinajstić information content (AvgIpc) is 2.41. The highest BCUT2D eigenvalue weighted by Gasteiger charge is 2.37. The van der Waals surface area contributed by atoms with Crippen LogP contribution in [0.25, 0.3) is 0 Å². The summed E-state index contributed by atoms with van der Waals surface area (Å²) >= 11 is 0. The van der Waals surface area contributed by atoms with Gasteiger partial charge in [-0.2, -0.15) is 0 Å². The Morgan fingerprint density at radius 1 is 1.45 bits per heavy atom. The molecule has 11 heavy (non-hydrogen) atoms. The third-order valence-electron chi connectivity index (χ3n) is 3.13. The molecule has 60 valence electrons. The summed E-state index contributed by atoms with van der Waals surface area (Å²) in [6.07, 6.45) is 6.31. The molecule has 0 aromatic heterocycles. The highest BCUT2D eigenvalue weighted by atomic mass is 28.1. The van der Waals surface area contributed by atoms with E-state index in [-0.39, 0.29) is 0 Å². The summed E-state index contributed by atoms with van der Waals surface area (Å²) in [6, 6.07) is 0. The Bertz CT molecular complexity index is 233. The van der Waals surface area contributed by atoms with Crippen molar-refractivity contribution < 1.29 is 0 Å². The minimum Gasteiger partial charge on any atom is -0.0808 e. The van der Waals surface area contributed by atoms with Crippen LogP contribution in [0.3, 0.4) is 0 Å². The topological polar surface area (TPSA) is 0 Å². The van der Waals surface area contributed by atoms with E-state index in [1.165, 1.54) is 16.7 Å². The lowest BCUT2D eigenvalue weighted by molar-refractivity contribution is 0.703. The van der Waals surface area contributed by atoms with Gasteiger partial charge in [0.15, 0.2) is 0 Å². The third-order valence-corrected chi connectivity index (χ3v) is 4.32. The van der Waals surface area contributed by atoms with Crippen LogP contribution >= 0.6 is 0 Å². The van der Waals surface area contributed by atoms with E-state index in [9.17, 15) is 0 Å². The molecular weight excluding hydrogens is 148 g/mol. The predicted molar refractivity (Wildman–Crippen MR) is 52.8 cm³/mol. The lowest BCUT2D eigenvalue weighted by Gasteiger charge is -2.10. The molecule has 3 atom stereocenters. The largest absolute Gasteiger partial charge is 0.0808 e. The minimum atomic E-state index is 0.840. The first-order valence-electron chi connectivity index (χ1n) is 4.55. The third kappa shape index (κ3) is 0.942. The molecule has 0 nitrogen and oxygen atoms in total.